The van der Waals surface area contributed by atoms with Gasteiger partial charge in [0.2, 0.25) is 5.91 Å². The van der Waals surface area contributed by atoms with Crippen molar-refractivity contribution in [3.05, 3.63) is 54.1 Å². The zero-order valence-corrected chi connectivity index (χ0v) is 16.2. The summed E-state index contributed by atoms with van der Waals surface area (Å²) in [5.74, 6) is 0.797. The van der Waals surface area contributed by atoms with Gasteiger partial charge in [0.15, 0.2) is 5.13 Å². The molecule has 0 aliphatic rings. The summed E-state index contributed by atoms with van der Waals surface area (Å²) in [7, 11) is 0. The van der Waals surface area contributed by atoms with Gasteiger partial charge in [-0.25, -0.2) is 4.98 Å². The largest absolute Gasteiger partial charge is 0.494 e. The molecular weight excluding hydrogens is 344 g/mol. The molecule has 136 valence electrons. The molecule has 5 heteroatoms. The van der Waals surface area contributed by atoms with Gasteiger partial charge < -0.3 is 10.1 Å². The number of benzene rings is 2. The van der Waals surface area contributed by atoms with E-state index in [1.165, 1.54) is 16.9 Å². The number of amides is 1. The van der Waals surface area contributed by atoms with Crippen LogP contribution in [0.1, 0.15) is 39.2 Å². The lowest BCUT2D eigenvalue weighted by Gasteiger charge is -2.18. The Morgan fingerprint density at radius 1 is 1.15 bits per heavy atom. The van der Waals surface area contributed by atoms with Crippen LogP contribution in [0.2, 0.25) is 0 Å². The molecule has 0 fully saturated rings. The highest BCUT2D eigenvalue weighted by Crippen LogP contribution is 2.31. The predicted octanol–water partition coefficient (Wildman–Crippen LogP) is 5.39. The molecule has 3 rings (SSSR count). The summed E-state index contributed by atoms with van der Waals surface area (Å²) in [4.78, 5) is 16.6. The first-order valence-corrected chi connectivity index (χ1v) is 9.62. The van der Waals surface area contributed by atoms with Gasteiger partial charge in [0.05, 0.1) is 16.8 Å². The van der Waals surface area contributed by atoms with Crippen LogP contribution in [0, 0.1) is 0 Å². The second kappa shape index (κ2) is 7.87. The van der Waals surface area contributed by atoms with Crippen molar-refractivity contribution in [3.63, 3.8) is 0 Å². The Labute approximate surface area is 158 Å². The number of nitrogens with zero attached hydrogens (tertiary/aromatic N) is 1. The Kier molecular flexibility index (Phi) is 5.57. The maximum absolute atomic E-state index is 12.1. The van der Waals surface area contributed by atoms with E-state index in [9.17, 15) is 4.79 Å². The van der Waals surface area contributed by atoms with E-state index < -0.39 is 0 Å². The number of hydrogen-bond donors (Lipinski definition) is 1. The van der Waals surface area contributed by atoms with Crippen LogP contribution in [0.15, 0.2) is 48.5 Å². The van der Waals surface area contributed by atoms with E-state index >= 15 is 0 Å². The summed E-state index contributed by atoms with van der Waals surface area (Å²) in [6.07, 6.45) is 1.08. The average molecular weight is 369 g/mol. The van der Waals surface area contributed by atoms with Crippen LogP contribution in [0.5, 0.6) is 5.75 Å². The summed E-state index contributed by atoms with van der Waals surface area (Å²) < 4.78 is 6.70. The van der Waals surface area contributed by atoms with Crippen molar-refractivity contribution in [2.75, 3.05) is 11.9 Å². The first kappa shape index (κ1) is 18.4. The second-order valence-corrected chi connectivity index (χ2v) is 8.30. The summed E-state index contributed by atoms with van der Waals surface area (Å²) in [5, 5.41) is 3.55. The molecule has 0 atom stereocenters. The third kappa shape index (κ3) is 4.82. The molecular formula is C21H24N2O2S. The monoisotopic (exact) mass is 368 g/mol. The number of carbonyl (C=O) groups excluding carboxylic acids is 1. The number of nitrogens with one attached hydrogen (secondary N) is 1. The molecule has 4 nitrogen and oxygen atoms in total. The standard InChI is InChI=1S/C21H24N2O2S/c1-21(2,3)15-11-12-17-18(14-15)26-20(22-17)23-19(24)10-7-13-25-16-8-5-4-6-9-16/h4-6,8-9,11-12,14H,7,10,13H2,1-3H3,(H,22,23,24). The Morgan fingerprint density at radius 2 is 1.92 bits per heavy atom. The van der Waals surface area contributed by atoms with Gasteiger partial charge in [-0.05, 0) is 41.7 Å². The van der Waals surface area contributed by atoms with Gasteiger partial charge in [0.25, 0.3) is 0 Å². The summed E-state index contributed by atoms with van der Waals surface area (Å²) in [5.41, 5.74) is 2.29. The van der Waals surface area contributed by atoms with Gasteiger partial charge in [-0.2, -0.15) is 0 Å². The van der Waals surface area contributed by atoms with Crippen LogP contribution in [0.3, 0.4) is 0 Å². The molecule has 0 aliphatic carbocycles. The van der Waals surface area contributed by atoms with Crippen molar-refractivity contribution in [3.8, 4) is 5.75 Å². The molecule has 0 saturated carbocycles. The zero-order valence-electron chi connectivity index (χ0n) is 15.4. The van der Waals surface area contributed by atoms with Gasteiger partial charge in [0, 0.05) is 6.42 Å². The van der Waals surface area contributed by atoms with E-state index in [2.05, 4.69) is 43.2 Å². The minimum atomic E-state index is -0.0308. The second-order valence-electron chi connectivity index (χ2n) is 7.26. The topological polar surface area (TPSA) is 51.2 Å². The van der Waals surface area contributed by atoms with E-state index in [1.807, 2.05) is 36.4 Å². The molecule has 3 aromatic rings. The van der Waals surface area contributed by atoms with Crippen LogP contribution in [-0.4, -0.2) is 17.5 Å². The molecule has 26 heavy (non-hydrogen) atoms. The summed E-state index contributed by atoms with van der Waals surface area (Å²) >= 11 is 1.52. The van der Waals surface area contributed by atoms with Crippen molar-refractivity contribution in [1.29, 1.82) is 0 Å². The number of para-hydroxylation sites is 1. The van der Waals surface area contributed by atoms with E-state index in [4.69, 9.17) is 4.74 Å². The Hall–Kier alpha value is -2.40. The molecule has 0 spiro atoms. The lowest BCUT2D eigenvalue weighted by atomic mass is 9.87. The average Bonchev–Trinajstić information content (AvgIpc) is 3.00. The van der Waals surface area contributed by atoms with Crippen LogP contribution in [-0.2, 0) is 10.2 Å². The third-order valence-electron chi connectivity index (χ3n) is 4.06. The first-order valence-electron chi connectivity index (χ1n) is 8.80. The van der Waals surface area contributed by atoms with E-state index in [1.54, 1.807) is 0 Å². The first-order chi connectivity index (χ1) is 12.4. The highest BCUT2D eigenvalue weighted by atomic mass is 32.1. The quantitative estimate of drug-likeness (QED) is 0.593. The zero-order chi connectivity index (χ0) is 18.6. The van der Waals surface area contributed by atoms with Gasteiger partial charge in [-0.1, -0.05) is 56.4 Å². The lowest BCUT2D eigenvalue weighted by molar-refractivity contribution is -0.116. The lowest BCUT2D eigenvalue weighted by Crippen LogP contribution is -2.12. The molecule has 1 heterocycles. The Morgan fingerprint density at radius 3 is 2.65 bits per heavy atom. The number of thiazole rings is 1. The van der Waals surface area contributed by atoms with Gasteiger partial charge in [0.1, 0.15) is 5.75 Å². The molecule has 0 aliphatic heterocycles. The van der Waals surface area contributed by atoms with Crippen molar-refractivity contribution in [2.24, 2.45) is 0 Å². The minimum absolute atomic E-state index is 0.0308. The predicted molar refractivity (Wildman–Crippen MR) is 108 cm³/mol. The molecule has 0 radical (unpaired) electrons. The Balaban J connectivity index is 1.52. The van der Waals surface area contributed by atoms with Gasteiger partial charge >= 0.3 is 0 Å². The minimum Gasteiger partial charge on any atom is -0.494 e. The van der Waals surface area contributed by atoms with Crippen LogP contribution < -0.4 is 10.1 Å². The number of aromatic nitrogens is 1. The highest BCUT2D eigenvalue weighted by Gasteiger charge is 2.15. The smallest absolute Gasteiger partial charge is 0.226 e. The molecule has 0 bridgehead atoms. The van der Waals surface area contributed by atoms with Crippen molar-refractivity contribution < 1.29 is 9.53 Å². The van der Waals surface area contributed by atoms with Gasteiger partial charge in [-0.3, -0.25) is 4.79 Å². The number of ether oxygens (including phenoxy) is 1. The maximum Gasteiger partial charge on any atom is 0.226 e. The third-order valence-corrected chi connectivity index (χ3v) is 4.99. The maximum atomic E-state index is 12.1. The van der Waals surface area contributed by atoms with E-state index in [0.717, 1.165) is 16.0 Å². The highest BCUT2D eigenvalue weighted by molar-refractivity contribution is 7.22. The van der Waals surface area contributed by atoms with Gasteiger partial charge in [-0.15, -0.1) is 0 Å². The van der Waals surface area contributed by atoms with Crippen molar-refractivity contribution >= 4 is 32.6 Å². The van der Waals surface area contributed by atoms with Crippen LogP contribution >= 0.6 is 11.3 Å². The number of hydrogen-bond acceptors (Lipinski definition) is 4. The fourth-order valence-corrected chi connectivity index (χ4v) is 3.49. The fourth-order valence-electron chi connectivity index (χ4n) is 2.57. The molecule has 2 aromatic carbocycles. The SMILES string of the molecule is CC(C)(C)c1ccc2nc(NC(=O)CCCOc3ccccc3)sc2c1. The molecule has 1 N–H and O–H groups in total. The van der Waals surface area contributed by atoms with Crippen molar-refractivity contribution in [1.82, 2.24) is 4.98 Å². The normalized spacial score (nSPS) is 11.5. The molecule has 1 amide bonds. The van der Waals surface area contributed by atoms with Crippen LogP contribution in [0.4, 0.5) is 5.13 Å². The number of fused-ring (bicyclic) bond motifs is 1. The van der Waals surface area contributed by atoms with E-state index in [0.29, 0.717) is 24.6 Å². The summed E-state index contributed by atoms with van der Waals surface area (Å²) in [6.45, 7) is 7.09. The van der Waals surface area contributed by atoms with E-state index in [-0.39, 0.29) is 11.3 Å². The fraction of sp³-hybridized carbons (Fsp3) is 0.333. The molecule has 0 unspecified atom stereocenters. The number of carbonyl (C=O) groups is 1. The number of anilines is 1. The molecule has 0 saturated heterocycles. The number of rotatable bonds is 6. The Bertz CT molecular complexity index is 882. The van der Waals surface area contributed by atoms with Crippen LogP contribution in [0.25, 0.3) is 10.2 Å². The van der Waals surface area contributed by atoms with Crippen molar-refractivity contribution in [2.45, 2.75) is 39.0 Å². The summed E-state index contributed by atoms with van der Waals surface area (Å²) in [6, 6.07) is 15.9. The molecule has 1 aromatic heterocycles.